The standard InChI is InChI=1S/C22H17ClN4O4/c1-14(25-26-21(28)15-9-11-18(12-10-15)27(30)31)16-5-4-6-17(13-16)24-22(29)19-7-2-3-8-20(19)23/h2-13H,1H3,(H,24,29)(H,26,28)/b25-14+. The number of carbonyl (C=O) groups excluding carboxylic acids is 2. The van der Waals surface area contributed by atoms with Gasteiger partial charge in [-0.25, -0.2) is 5.43 Å². The summed E-state index contributed by atoms with van der Waals surface area (Å²) in [6.45, 7) is 1.70. The SMILES string of the molecule is C/C(=N\NC(=O)c1ccc([N+](=O)[O-])cc1)c1cccc(NC(=O)c2ccccc2Cl)c1. The number of amides is 2. The number of halogens is 1. The van der Waals surface area contributed by atoms with E-state index in [1.54, 1.807) is 55.5 Å². The summed E-state index contributed by atoms with van der Waals surface area (Å²) in [5.41, 5.74) is 4.63. The molecular formula is C22H17ClN4O4. The molecule has 0 spiro atoms. The van der Waals surface area contributed by atoms with E-state index in [-0.39, 0.29) is 17.2 Å². The van der Waals surface area contributed by atoms with Crippen LogP contribution in [0.5, 0.6) is 0 Å². The molecular weight excluding hydrogens is 420 g/mol. The van der Waals surface area contributed by atoms with Gasteiger partial charge < -0.3 is 5.32 Å². The second-order valence-corrected chi connectivity index (χ2v) is 6.86. The van der Waals surface area contributed by atoms with Crippen molar-refractivity contribution < 1.29 is 14.5 Å². The summed E-state index contributed by atoms with van der Waals surface area (Å²) >= 11 is 6.06. The minimum Gasteiger partial charge on any atom is -0.322 e. The van der Waals surface area contributed by atoms with Crippen LogP contribution in [0.1, 0.15) is 33.2 Å². The molecule has 0 heterocycles. The maximum absolute atomic E-state index is 12.4. The lowest BCUT2D eigenvalue weighted by Gasteiger charge is -2.09. The van der Waals surface area contributed by atoms with Crippen molar-refractivity contribution in [3.63, 3.8) is 0 Å². The summed E-state index contributed by atoms with van der Waals surface area (Å²) in [7, 11) is 0. The Bertz CT molecular complexity index is 1180. The number of non-ortho nitro benzene ring substituents is 1. The average Bonchev–Trinajstić information content (AvgIpc) is 2.77. The highest BCUT2D eigenvalue weighted by Gasteiger charge is 2.11. The average molecular weight is 437 g/mol. The molecule has 0 aliphatic rings. The number of rotatable bonds is 6. The number of carbonyl (C=O) groups is 2. The summed E-state index contributed by atoms with van der Waals surface area (Å²) in [5, 5.41) is 17.9. The highest BCUT2D eigenvalue weighted by Crippen LogP contribution is 2.18. The normalized spacial score (nSPS) is 11.0. The first-order valence-corrected chi connectivity index (χ1v) is 9.48. The molecule has 0 saturated heterocycles. The minimum absolute atomic E-state index is 0.105. The van der Waals surface area contributed by atoms with Crippen LogP contribution in [0.15, 0.2) is 77.9 Å². The molecule has 156 valence electrons. The van der Waals surface area contributed by atoms with Crippen molar-refractivity contribution >= 4 is 40.5 Å². The van der Waals surface area contributed by atoms with Gasteiger partial charge in [0, 0.05) is 23.4 Å². The summed E-state index contributed by atoms with van der Waals surface area (Å²) < 4.78 is 0. The first kappa shape index (κ1) is 21.7. The van der Waals surface area contributed by atoms with Crippen LogP contribution in [0, 0.1) is 10.1 Å². The first-order valence-electron chi connectivity index (χ1n) is 9.10. The zero-order valence-electron chi connectivity index (χ0n) is 16.3. The maximum atomic E-state index is 12.4. The Kier molecular flexibility index (Phi) is 6.74. The number of anilines is 1. The lowest BCUT2D eigenvalue weighted by Crippen LogP contribution is -2.19. The second-order valence-electron chi connectivity index (χ2n) is 6.46. The zero-order valence-corrected chi connectivity index (χ0v) is 17.1. The highest BCUT2D eigenvalue weighted by molar-refractivity contribution is 6.34. The monoisotopic (exact) mass is 436 g/mol. The predicted octanol–water partition coefficient (Wildman–Crippen LogP) is 4.65. The van der Waals surface area contributed by atoms with Crippen LogP contribution in [0.2, 0.25) is 5.02 Å². The number of benzene rings is 3. The van der Waals surface area contributed by atoms with Gasteiger partial charge in [-0.2, -0.15) is 5.10 Å². The van der Waals surface area contributed by atoms with E-state index >= 15 is 0 Å². The Hall–Kier alpha value is -4.04. The molecule has 0 atom stereocenters. The van der Waals surface area contributed by atoms with Crippen molar-refractivity contribution in [1.82, 2.24) is 5.43 Å². The number of hydrazone groups is 1. The molecule has 2 N–H and O–H groups in total. The van der Waals surface area contributed by atoms with E-state index < -0.39 is 10.8 Å². The lowest BCUT2D eigenvalue weighted by molar-refractivity contribution is -0.384. The Morgan fingerprint density at radius 2 is 1.65 bits per heavy atom. The van der Waals surface area contributed by atoms with E-state index in [0.29, 0.717) is 27.5 Å². The lowest BCUT2D eigenvalue weighted by atomic mass is 10.1. The Morgan fingerprint density at radius 1 is 0.935 bits per heavy atom. The fourth-order valence-electron chi connectivity index (χ4n) is 2.66. The molecule has 31 heavy (non-hydrogen) atoms. The third-order valence-corrected chi connectivity index (χ3v) is 4.65. The molecule has 2 amide bonds. The highest BCUT2D eigenvalue weighted by atomic mass is 35.5. The fraction of sp³-hybridized carbons (Fsp3) is 0.0455. The molecule has 8 nitrogen and oxygen atoms in total. The maximum Gasteiger partial charge on any atom is 0.271 e. The van der Waals surface area contributed by atoms with Gasteiger partial charge in [0.1, 0.15) is 0 Å². The summed E-state index contributed by atoms with van der Waals surface area (Å²) in [4.78, 5) is 34.8. The summed E-state index contributed by atoms with van der Waals surface area (Å²) in [6.07, 6.45) is 0. The van der Waals surface area contributed by atoms with Crippen LogP contribution in [0.3, 0.4) is 0 Å². The van der Waals surface area contributed by atoms with Crippen LogP contribution in [-0.2, 0) is 0 Å². The summed E-state index contributed by atoms with van der Waals surface area (Å²) in [5.74, 6) is -0.846. The molecule has 3 aromatic rings. The molecule has 0 aliphatic heterocycles. The molecule has 0 radical (unpaired) electrons. The number of hydrogen-bond donors (Lipinski definition) is 2. The van der Waals surface area contributed by atoms with Crippen LogP contribution in [-0.4, -0.2) is 22.4 Å². The number of nitrogens with zero attached hydrogens (tertiary/aromatic N) is 2. The molecule has 0 aliphatic carbocycles. The van der Waals surface area contributed by atoms with Crippen molar-refractivity contribution in [3.8, 4) is 0 Å². The Labute approximate surface area is 182 Å². The van der Waals surface area contributed by atoms with Crippen LogP contribution in [0.25, 0.3) is 0 Å². The van der Waals surface area contributed by atoms with Crippen molar-refractivity contribution in [2.45, 2.75) is 6.92 Å². The quantitative estimate of drug-likeness (QED) is 0.332. The predicted molar refractivity (Wildman–Crippen MR) is 119 cm³/mol. The molecule has 9 heteroatoms. The van der Waals surface area contributed by atoms with Crippen molar-refractivity contribution in [2.24, 2.45) is 5.10 Å². The molecule has 0 fully saturated rings. The number of nitro benzene ring substituents is 1. The van der Waals surface area contributed by atoms with Crippen LogP contribution < -0.4 is 10.7 Å². The van der Waals surface area contributed by atoms with E-state index in [2.05, 4.69) is 15.8 Å². The van der Waals surface area contributed by atoms with Gasteiger partial charge in [0.25, 0.3) is 17.5 Å². The smallest absolute Gasteiger partial charge is 0.271 e. The second kappa shape index (κ2) is 9.64. The number of nitrogens with one attached hydrogen (secondary N) is 2. The molecule has 0 bridgehead atoms. The van der Waals surface area contributed by atoms with Crippen LogP contribution >= 0.6 is 11.6 Å². The van der Waals surface area contributed by atoms with Gasteiger partial charge in [-0.15, -0.1) is 0 Å². The van der Waals surface area contributed by atoms with Crippen molar-refractivity contribution in [2.75, 3.05) is 5.32 Å². The topological polar surface area (TPSA) is 114 Å². The summed E-state index contributed by atoms with van der Waals surface area (Å²) in [6, 6.07) is 18.9. The fourth-order valence-corrected chi connectivity index (χ4v) is 2.89. The van der Waals surface area contributed by atoms with E-state index in [1.807, 2.05) is 0 Å². The third kappa shape index (κ3) is 5.52. The van der Waals surface area contributed by atoms with Gasteiger partial charge in [0.2, 0.25) is 0 Å². The van der Waals surface area contributed by atoms with Gasteiger partial charge in [-0.05, 0) is 48.9 Å². The van der Waals surface area contributed by atoms with E-state index in [4.69, 9.17) is 11.6 Å². The zero-order chi connectivity index (χ0) is 22.4. The van der Waals surface area contributed by atoms with Gasteiger partial charge in [0.15, 0.2) is 0 Å². The molecule has 0 unspecified atom stereocenters. The number of hydrogen-bond acceptors (Lipinski definition) is 5. The Morgan fingerprint density at radius 3 is 2.32 bits per heavy atom. The van der Waals surface area contributed by atoms with E-state index in [9.17, 15) is 19.7 Å². The minimum atomic E-state index is -0.540. The molecule has 3 aromatic carbocycles. The van der Waals surface area contributed by atoms with Gasteiger partial charge in [-0.1, -0.05) is 35.9 Å². The van der Waals surface area contributed by atoms with Gasteiger partial charge in [0.05, 0.1) is 21.2 Å². The third-order valence-electron chi connectivity index (χ3n) is 4.32. The number of nitro groups is 1. The van der Waals surface area contributed by atoms with Crippen molar-refractivity contribution in [3.05, 3.63) is 105 Å². The van der Waals surface area contributed by atoms with Crippen LogP contribution in [0.4, 0.5) is 11.4 Å². The van der Waals surface area contributed by atoms with E-state index in [1.165, 1.54) is 24.3 Å². The van der Waals surface area contributed by atoms with E-state index in [0.717, 1.165) is 0 Å². The van der Waals surface area contributed by atoms with Gasteiger partial charge in [-0.3, -0.25) is 19.7 Å². The van der Waals surface area contributed by atoms with Crippen molar-refractivity contribution in [1.29, 1.82) is 0 Å². The first-order chi connectivity index (χ1) is 14.8. The molecule has 3 rings (SSSR count). The largest absolute Gasteiger partial charge is 0.322 e. The van der Waals surface area contributed by atoms with Gasteiger partial charge >= 0.3 is 0 Å². The Balaban J connectivity index is 1.69. The molecule has 0 saturated carbocycles. The molecule has 0 aromatic heterocycles.